The number of aromatic hydroxyl groups is 1. The summed E-state index contributed by atoms with van der Waals surface area (Å²) in [6, 6.07) is 13.4. The highest BCUT2D eigenvalue weighted by Gasteiger charge is 2.16. The van der Waals surface area contributed by atoms with E-state index in [9.17, 15) is 14.7 Å². The maximum atomic E-state index is 12.0. The lowest BCUT2D eigenvalue weighted by Gasteiger charge is -2.14. The molecule has 2 N–H and O–H groups in total. The Labute approximate surface area is 140 Å². The van der Waals surface area contributed by atoms with E-state index in [0.717, 1.165) is 5.56 Å². The molecule has 2 rings (SSSR count). The molecule has 0 heterocycles. The summed E-state index contributed by atoms with van der Waals surface area (Å²) < 4.78 is 9.93. The molecule has 0 bridgehead atoms. The van der Waals surface area contributed by atoms with Crippen LogP contribution in [0.3, 0.4) is 0 Å². The lowest BCUT2D eigenvalue weighted by atomic mass is 10.1. The fraction of sp³-hybridized carbons (Fsp3) is 0.222. The number of phenolic OH excluding ortho intramolecular Hbond substituents is 1. The number of carbonyl (C=O) groups is 2. The average Bonchev–Trinajstić information content (AvgIpc) is 2.60. The van der Waals surface area contributed by atoms with Gasteiger partial charge in [0.05, 0.1) is 13.2 Å². The molecule has 0 aliphatic heterocycles. The Morgan fingerprint density at radius 3 is 2.54 bits per heavy atom. The molecule has 24 heavy (non-hydrogen) atoms. The van der Waals surface area contributed by atoms with Crippen LogP contribution >= 0.6 is 0 Å². The maximum Gasteiger partial charge on any atom is 0.342 e. The fourth-order valence-electron chi connectivity index (χ4n) is 2.12. The fourth-order valence-corrected chi connectivity index (χ4v) is 2.12. The van der Waals surface area contributed by atoms with Crippen LogP contribution in [0.1, 0.15) is 28.9 Å². The van der Waals surface area contributed by atoms with Crippen molar-refractivity contribution in [3.05, 3.63) is 59.7 Å². The Kier molecular flexibility index (Phi) is 5.78. The van der Waals surface area contributed by atoms with Crippen LogP contribution in [0.2, 0.25) is 0 Å². The number of benzene rings is 2. The number of esters is 1. The predicted octanol–water partition coefficient (Wildman–Crippen LogP) is 2.44. The molecule has 0 radical (unpaired) electrons. The van der Waals surface area contributed by atoms with Crippen LogP contribution in [-0.2, 0) is 9.53 Å². The second kappa shape index (κ2) is 8.01. The van der Waals surface area contributed by atoms with Crippen molar-refractivity contribution in [3.63, 3.8) is 0 Å². The average molecular weight is 329 g/mol. The molecule has 0 spiro atoms. The molecule has 1 amide bonds. The topological polar surface area (TPSA) is 84.9 Å². The molecule has 0 aliphatic carbocycles. The van der Waals surface area contributed by atoms with Crippen molar-refractivity contribution in [2.45, 2.75) is 13.0 Å². The molecule has 1 unspecified atom stereocenters. The SMILES string of the molecule is COc1ccc(O)c(C(=O)OCC(=O)NC(C)c2ccccc2)c1. The lowest BCUT2D eigenvalue weighted by Crippen LogP contribution is -2.31. The molecule has 0 fully saturated rings. The molecule has 2 aromatic rings. The third kappa shape index (κ3) is 4.49. The van der Waals surface area contributed by atoms with Crippen LogP contribution in [-0.4, -0.2) is 30.7 Å². The number of methoxy groups -OCH3 is 1. The van der Waals surface area contributed by atoms with E-state index in [0.29, 0.717) is 5.75 Å². The Hall–Kier alpha value is -3.02. The van der Waals surface area contributed by atoms with Gasteiger partial charge in [0.15, 0.2) is 6.61 Å². The summed E-state index contributed by atoms with van der Waals surface area (Å²) in [6.07, 6.45) is 0. The van der Waals surface area contributed by atoms with Crippen molar-refractivity contribution in [1.82, 2.24) is 5.32 Å². The molecular weight excluding hydrogens is 310 g/mol. The number of rotatable bonds is 6. The van der Waals surface area contributed by atoms with Crippen molar-refractivity contribution < 1.29 is 24.2 Å². The highest BCUT2D eigenvalue weighted by atomic mass is 16.5. The molecule has 126 valence electrons. The van der Waals surface area contributed by atoms with Gasteiger partial charge in [0.2, 0.25) is 0 Å². The number of hydrogen-bond acceptors (Lipinski definition) is 5. The molecule has 2 aromatic carbocycles. The minimum atomic E-state index is -0.797. The predicted molar refractivity (Wildman–Crippen MR) is 87.9 cm³/mol. The molecule has 0 saturated carbocycles. The van der Waals surface area contributed by atoms with E-state index in [1.54, 1.807) is 0 Å². The minimum Gasteiger partial charge on any atom is -0.507 e. The first kappa shape index (κ1) is 17.3. The normalized spacial score (nSPS) is 11.4. The Morgan fingerprint density at radius 1 is 1.17 bits per heavy atom. The van der Waals surface area contributed by atoms with Crippen molar-refractivity contribution in [1.29, 1.82) is 0 Å². The highest BCUT2D eigenvalue weighted by molar-refractivity contribution is 5.94. The van der Waals surface area contributed by atoms with Crippen LogP contribution in [0.25, 0.3) is 0 Å². The van der Waals surface area contributed by atoms with Gasteiger partial charge in [0.1, 0.15) is 17.1 Å². The second-order valence-corrected chi connectivity index (χ2v) is 5.16. The quantitative estimate of drug-likeness (QED) is 0.795. The van der Waals surface area contributed by atoms with Gasteiger partial charge in [0.25, 0.3) is 5.91 Å². The summed E-state index contributed by atoms with van der Waals surface area (Å²) in [7, 11) is 1.44. The van der Waals surface area contributed by atoms with E-state index < -0.39 is 18.5 Å². The smallest absolute Gasteiger partial charge is 0.342 e. The van der Waals surface area contributed by atoms with Crippen LogP contribution in [0.5, 0.6) is 11.5 Å². The minimum absolute atomic E-state index is 0.0572. The van der Waals surface area contributed by atoms with Crippen molar-refractivity contribution in [2.24, 2.45) is 0 Å². The van der Waals surface area contributed by atoms with E-state index in [1.807, 2.05) is 37.3 Å². The van der Waals surface area contributed by atoms with Gasteiger partial charge in [-0.05, 0) is 30.7 Å². The number of phenols is 1. The zero-order valence-corrected chi connectivity index (χ0v) is 13.5. The van der Waals surface area contributed by atoms with Gasteiger partial charge in [-0.2, -0.15) is 0 Å². The Morgan fingerprint density at radius 2 is 1.88 bits per heavy atom. The summed E-state index contributed by atoms with van der Waals surface area (Å²) in [4.78, 5) is 23.9. The van der Waals surface area contributed by atoms with Gasteiger partial charge < -0.3 is 19.9 Å². The number of hydrogen-bond donors (Lipinski definition) is 2. The van der Waals surface area contributed by atoms with Crippen molar-refractivity contribution >= 4 is 11.9 Å². The third-order valence-electron chi connectivity index (χ3n) is 3.44. The van der Waals surface area contributed by atoms with E-state index in [-0.39, 0.29) is 17.4 Å². The molecule has 6 heteroatoms. The molecule has 0 aliphatic rings. The van der Waals surface area contributed by atoms with Crippen LogP contribution < -0.4 is 10.1 Å². The van der Waals surface area contributed by atoms with E-state index in [1.165, 1.54) is 25.3 Å². The van der Waals surface area contributed by atoms with E-state index >= 15 is 0 Å². The van der Waals surface area contributed by atoms with Crippen LogP contribution in [0.15, 0.2) is 48.5 Å². The summed E-state index contributed by atoms with van der Waals surface area (Å²) in [6.45, 7) is 1.40. The second-order valence-electron chi connectivity index (χ2n) is 5.16. The van der Waals surface area contributed by atoms with E-state index in [2.05, 4.69) is 5.32 Å². The number of nitrogens with one attached hydrogen (secondary N) is 1. The van der Waals surface area contributed by atoms with Gasteiger partial charge in [-0.25, -0.2) is 4.79 Å². The van der Waals surface area contributed by atoms with Crippen molar-refractivity contribution in [2.75, 3.05) is 13.7 Å². The molecule has 1 atom stereocenters. The number of carbonyl (C=O) groups excluding carboxylic acids is 2. The zero-order chi connectivity index (χ0) is 17.5. The zero-order valence-electron chi connectivity index (χ0n) is 13.5. The van der Waals surface area contributed by atoms with Gasteiger partial charge in [-0.1, -0.05) is 30.3 Å². The number of amides is 1. The van der Waals surface area contributed by atoms with Gasteiger partial charge in [-0.15, -0.1) is 0 Å². The van der Waals surface area contributed by atoms with Crippen molar-refractivity contribution in [3.8, 4) is 11.5 Å². The van der Waals surface area contributed by atoms with Gasteiger partial charge in [0, 0.05) is 0 Å². The van der Waals surface area contributed by atoms with Crippen LogP contribution in [0, 0.1) is 0 Å². The first-order valence-electron chi connectivity index (χ1n) is 7.39. The molecule has 0 aromatic heterocycles. The summed E-state index contributed by atoms with van der Waals surface area (Å²) in [5, 5.41) is 12.4. The van der Waals surface area contributed by atoms with Crippen LogP contribution in [0.4, 0.5) is 0 Å². The highest BCUT2D eigenvalue weighted by Crippen LogP contribution is 2.23. The summed E-state index contributed by atoms with van der Waals surface area (Å²) >= 11 is 0. The standard InChI is InChI=1S/C18H19NO5/c1-12(13-6-4-3-5-7-13)19-17(21)11-24-18(22)15-10-14(23-2)8-9-16(15)20/h3-10,12,20H,11H2,1-2H3,(H,19,21). The molecular formula is C18H19NO5. The summed E-state index contributed by atoms with van der Waals surface area (Å²) in [5.74, 6) is -1.06. The Bertz CT molecular complexity index is 715. The third-order valence-corrected chi connectivity index (χ3v) is 3.44. The largest absolute Gasteiger partial charge is 0.507 e. The lowest BCUT2D eigenvalue weighted by molar-refractivity contribution is -0.124. The maximum absolute atomic E-state index is 12.0. The summed E-state index contributed by atoms with van der Waals surface area (Å²) in [5.41, 5.74) is 0.890. The molecule has 6 nitrogen and oxygen atoms in total. The first-order chi connectivity index (χ1) is 11.5. The van der Waals surface area contributed by atoms with Gasteiger partial charge >= 0.3 is 5.97 Å². The molecule has 0 saturated heterocycles. The van der Waals surface area contributed by atoms with E-state index in [4.69, 9.17) is 9.47 Å². The monoisotopic (exact) mass is 329 g/mol. The number of ether oxygens (including phenoxy) is 2. The Balaban J connectivity index is 1.91. The van der Waals surface area contributed by atoms with Gasteiger partial charge in [-0.3, -0.25) is 4.79 Å². The first-order valence-corrected chi connectivity index (χ1v) is 7.39.